The summed E-state index contributed by atoms with van der Waals surface area (Å²) in [6, 6.07) is 0. The Kier molecular flexibility index (Phi) is 8.40. The fourth-order valence-electron chi connectivity index (χ4n) is 0.941. The molecule has 3 nitrogen and oxygen atoms in total. The molecule has 0 saturated heterocycles. The Morgan fingerprint density at radius 3 is 2.31 bits per heavy atom. The van der Waals surface area contributed by atoms with E-state index in [1.807, 2.05) is 13.8 Å². The second kappa shape index (κ2) is 8.48. The third kappa shape index (κ3) is 6.99. The molecular formula is C10H21O3. The van der Waals surface area contributed by atoms with Crippen LogP contribution in [0.4, 0.5) is 0 Å². The average Bonchev–Trinajstić information content (AvgIpc) is 2.14. The van der Waals surface area contributed by atoms with Crippen LogP contribution >= 0.6 is 0 Å². The van der Waals surface area contributed by atoms with Gasteiger partial charge in [-0.3, -0.25) is 0 Å². The molecule has 0 amide bonds. The van der Waals surface area contributed by atoms with Crippen LogP contribution in [-0.4, -0.2) is 19.2 Å². The van der Waals surface area contributed by atoms with Crippen LogP contribution in [0.1, 0.15) is 46.5 Å². The lowest BCUT2D eigenvalue weighted by atomic mass is 10.3. The first-order valence-corrected chi connectivity index (χ1v) is 5.17. The van der Waals surface area contributed by atoms with Gasteiger partial charge in [0, 0.05) is 6.61 Å². The minimum atomic E-state index is -0.937. The van der Waals surface area contributed by atoms with Crippen molar-refractivity contribution in [2.45, 2.75) is 59.0 Å². The van der Waals surface area contributed by atoms with Gasteiger partial charge in [0.15, 0.2) is 12.6 Å². The molecule has 0 N–H and O–H groups in total. The van der Waals surface area contributed by atoms with E-state index in [-0.39, 0.29) is 6.29 Å². The van der Waals surface area contributed by atoms with Crippen molar-refractivity contribution >= 4 is 0 Å². The molecule has 79 valence electrons. The van der Waals surface area contributed by atoms with E-state index in [1.165, 1.54) is 0 Å². The van der Waals surface area contributed by atoms with E-state index in [1.54, 1.807) is 0 Å². The van der Waals surface area contributed by atoms with E-state index < -0.39 is 6.29 Å². The van der Waals surface area contributed by atoms with Crippen LogP contribution in [0.3, 0.4) is 0 Å². The second-order valence-electron chi connectivity index (χ2n) is 3.06. The minimum absolute atomic E-state index is 0.299. The predicted molar refractivity (Wildman–Crippen MR) is 50.8 cm³/mol. The van der Waals surface area contributed by atoms with Gasteiger partial charge in [-0.25, -0.2) is 5.11 Å². The fraction of sp³-hybridized carbons (Fsp3) is 1.00. The molecule has 3 heteroatoms. The zero-order valence-electron chi connectivity index (χ0n) is 8.91. The molecule has 0 aromatic rings. The molecule has 2 unspecified atom stereocenters. The number of rotatable bonds is 8. The van der Waals surface area contributed by atoms with E-state index in [2.05, 4.69) is 6.92 Å². The first kappa shape index (κ1) is 12.9. The van der Waals surface area contributed by atoms with Crippen LogP contribution in [0.5, 0.6) is 0 Å². The molecule has 0 aromatic carbocycles. The highest BCUT2D eigenvalue weighted by atomic mass is 16.7. The van der Waals surface area contributed by atoms with Gasteiger partial charge in [0.2, 0.25) is 0 Å². The summed E-state index contributed by atoms with van der Waals surface area (Å²) in [5.74, 6) is 0. The first-order valence-electron chi connectivity index (χ1n) is 5.17. The number of hydrogen-bond acceptors (Lipinski definition) is 2. The monoisotopic (exact) mass is 189 g/mol. The summed E-state index contributed by atoms with van der Waals surface area (Å²) >= 11 is 0. The highest BCUT2D eigenvalue weighted by molar-refractivity contribution is 4.46. The largest absolute Gasteiger partial charge is 0.353 e. The molecule has 0 aromatic heterocycles. The van der Waals surface area contributed by atoms with Gasteiger partial charge >= 0.3 is 0 Å². The van der Waals surface area contributed by atoms with Crippen molar-refractivity contribution < 1.29 is 14.6 Å². The van der Waals surface area contributed by atoms with Crippen LogP contribution in [0.2, 0.25) is 0 Å². The molecule has 0 heterocycles. The van der Waals surface area contributed by atoms with Crippen molar-refractivity contribution in [2.24, 2.45) is 0 Å². The van der Waals surface area contributed by atoms with Crippen LogP contribution in [0, 0.1) is 0 Å². The zero-order chi connectivity index (χ0) is 10.1. The predicted octanol–water partition coefficient (Wildman–Crippen LogP) is 2.72. The van der Waals surface area contributed by atoms with Crippen LogP contribution in [0.25, 0.3) is 0 Å². The standard InChI is InChI=1S/C10H21O3/c1-4-7-10(12-8-5-2)13-9(11)6-3/h9-10H,4-8H2,1-3H3. The van der Waals surface area contributed by atoms with Gasteiger partial charge in [-0.15, -0.1) is 0 Å². The summed E-state index contributed by atoms with van der Waals surface area (Å²) in [5.41, 5.74) is 0. The maximum Gasteiger partial charge on any atom is 0.194 e. The van der Waals surface area contributed by atoms with E-state index in [9.17, 15) is 5.11 Å². The van der Waals surface area contributed by atoms with Crippen molar-refractivity contribution in [2.75, 3.05) is 6.61 Å². The minimum Gasteiger partial charge on any atom is -0.353 e. The van der Waals surface area contributed by atoms with E-state index >= 15 is 0 Å². The molecule has 13 heavy (non-hydrogen) atoms. The Morgan fingerprint density at radius 1 is 1.15 bits per heavy atom. The normalized spacial score (nSPS) is 15.7. The summed E-state index contributed by atoms with van der Waals surface area (Å²) in [6.07, 6.45) is 2.00. The maximum absolute atomic E-state index is 11.0. The third-order valence-electron chi connectivity index (χ3n) is 1.67. The molecule has 0 aliphatic heterocycles. The second-order valence-corrected chi connectivity index (χ2v) is 3.06. The highest BCUT2D eigenvalue weighted by Crippen LogP contribution is 2.08. The molecule has 1 radical (unpaired) electrons. The van der Waals surface area contributed by atoms with Gasteiger partial charge in [-0.2, -0.15) is 0 Å². The smallest absolute Gasteiger partial charge is 0.194 e. The van der Waals surface area contributed by atoms with Crippen LogP contribution in [0.15, 0.2) is 0 Å². The summed E-state index contributed by atoms with van der Waals surface area (Å²) in [4.78, 5) is 0. The summed E-state index contributed by atoms with van der Waals surface area (Å²) < 4.78 is 10.5. The SMILES string of the molecule is CCCOC(CCC)OC([O])CC. The van der Waals surface area contributed by atoms with E-state index in [0.717, 1.165) is 19.3 Å². The van der Waals surface area contributed by atoms with Crippen molar-refractivity contribution in [1.82, 2.24) is 0 Å². The average molecular weight is 189 g/mol. The van der Waals surface area contributed by atoms with Gasteiger partial charge in [0.05, 0.1) is 0 Å². The molecule has 0 bridgehead atoms. The molecule has 0 aliphatic carbocycles. The zero-order valence-corrected chi connectivity index (χ0v) is 8.91. The topological polar surface area (TPSA) is 38.4 Å². The molecular weight excluding hydrogens is 168 g/mol. The summed E-state index contributed by atoms with van der Waals surface area (Å²) in [5, 5.41) is 11.0. The molecule has 0 saturated carbocycles. The van der Waals surface area contributed by atoms with Crippen molar-refractivity contribution in [3.8, 4) is 0 Å². The highest BCUT2D eigenvalue weighted by Gasteiger charge is 2.13. The lowest BCUT2D eigenvalue weighted by Gasteiger charge is -2.19. The van der Waals surface area contributed by atoms with Gasteiger partial charge in [0.1, 0.15) is 0 Å². The van der Waals surface area contributed by atoms with Gasteiger partial charge in [0.25, 0.3) is 0 Å². The van der Waals surface area contributed by atoms with Gasteiger partial charge < -0.3 is 9.47 Å². The molecule has 0 spiro atoms. The van der Waals surface area contributed by atoms with Crippen molar-refractivity contribution in [3.63, 3.8) is 0 Å². The first-order chi connectivity index (χ1) is 6.24. The van der Waals surface area contributed by atoms with Crippen molar-refractivity contribution in [3.05, 3.63) is 0 Å². The van der Waals surface area contributed by atoms with Gasteiger partial charge in [-0.05, 0) is 19.3 Å². The van der Waals surface area contributed by atoms with Gasteiger partial charge in [-0.1, -0.05) is 27.2 Å². The quantitative estimate of drug-likeness (QED) is 0.551. The lowest BCUT2D eigenvalue weighted by molar-refractivity contribution is -0.249. The summed E-state index contributed by atoms with van der Waals surface area (Å²) in [6.45, 7) is 6.58. The van der Waals surface area contributed by atoms with Crippen LogP contribution in [-0.2, 0) is 14.6 Å². The maximum atomic E-state index is 11.0. The Labute approximate surface area is 81.0 Å². The fourth-order valence-corrected chi connectivity index (χ4v) is 0.941. The lowest BCUT2D eigenvalue weighted by Crippen LogP contribution is -2.23. The summed E-state index contributed by atoms with van der Waals surface area (Å²) in [7, 11) is 0. The Morgan fingerprint density at radius 2 is 1.85 bits per heavy atom. The third-order valence-corrected chi connectivity index (χ3v) is 1.67. The van der Waals surface area contributed by atoms with Crippen molar-refractivity contribution in [1.29, 1.82) is 0 Å². The molecule has 0 aliphatic rings. The Balaban J connectivity index is 3.65. The Hall–Kier alpha value is -0.120. The number of ether oxygens (including phenoxy) is 2. The molecule has 2 atom stereocenters. The molecule has 0 fully saturated rings. The number of hydrogen-bond donors (Lipinski definition) is 0. The Bertz CT molecular complexity index is 106. The van der Waals surface area contributed by atoms with E-state index in [4.69, 9.17) is 9.47 Å². The molecule has 0 rings (SSSR count). The van der Waals surface area contributed by atoms with Crippen LogP contribution < -0.4 is 0 Å². The van der Waals surface area contributed by atoms with E-state index in [0.29, 0.717) is 13.0 Å².